The maximum atomic E-state index is 6.10. The van der Waals surface area contributed by atoms with Crippen LogP contribution in [-0.4, -0.2) is 15.9 Å². The molecule has 0 unspecified atom stereocenters. The third-order valence-corrected chi connectivity index (χ3v) is 6.05. The van der Waals surface area contributed by atoms with Gasteiger partial charge in [0.25, 0.3) is 0 Å². The number of aromatic nitrogens is 2. The second kappa shape index (κ2) is 8.03. The van der Waals surface area contributed by atoms with Crippen LogP contribution < -0.4 is 5.32 Å². The fraction of sp³-hybridized carbons (Fsp3) is 0.190. The number of nitrogens with one attached hydrogen (secondary N) is 1. The summed E-state index contributed by atoms with van der Waals surface area (Å²) in [4.78, 5) is 5.86. The van der Waals surface area contributed by atoms with Crippen LogP contribution in [0.2, 0.25) is 10.0 Å². The van der Waals surface area contributed by atoms with Crippen molar-refractivity contribution >= 4 is 39.5 Å². The molecule has 0 aliphatic carbocycles. The number of hydrogen-bond donors (Lipinski definition) is 1. The fourth-order valence-electron chi connectivity index (χ4n) is 3.08. The first-order valence-corrected chi connectivity index (χ1v) is 10.4. The Morgan fingerprint density at radius 3 is 2.67 bits per heavy atom. The van der Waals surface area contributed by atoms with E-state index in [1.54, 1.807) is 11.3 Å². The molecule has 4 rings (SSSR count). The van der Waals surface area contributed by atoms with Gasteiger partial charge in [-0.15, -0.1) is 11.3 Å². The third kappa shape index (κ3) is 4.04. The molecule has 3 nitrogen and oxygen atoms in total. The summed E-state index contributed by atoms with van der Waals surface area (Å²) in [5, 5.41) is 6.81. The predicted molar refractivity (Wildman–Crippen MR) is 115 cm³/mol. The Hall–Kier alpha value is -1.85. The largest absolute Gasteiger partial charge is 0.311 e. The van der Waals surface area contributed by atoms with E-state index in [2.05, 4.69) is 52.5 Å². The summed E-state index contributed by atoms with van der Waals surface area (Å²) in [6, 6.07) is 14.3. The molecule has 2 heterocycles. The van der Waals surface area contributed by atoms with Crippen molar-refractivity contribution in [2.24, 2.45) is 0 Å². The zero-order chi connectivity index (χ0) is 18.8. The summed E-state index contributed by atoms with van der Waals surface area (Å²) < 4.78 is 2.17. The van der Waals surface area contributed by atoms with Crippen LogP contribution in [-0.2, 0) is 13.0 Å². The van der Waals surface area contributed by atoms with Gasteiger partial charge >= 0.3 is 0 Å². The average Bonchev–Trinajstić information content (AvgIpc) is 3.24. The van der Waals surface area contributed by atoms with Crippen LogP contribution in [0.1, 0.15) is 16.8 Å². The van der Waals surface area contributed by atoms with Crippen molar-refractivity contribution in [1.82, 2.24) is 14.7 Å². The molecule has 138 valence electrons. The Kier molecular flexibility index (Phi) is 5.50. The molecule has 0 spiro atoms. The Morgan fingerprint density at radius 1 is 1.07 bits per heavy atom. The van der Waals surface area contributed by atoms with Crippen LogP contribution in [0, 0.1) is 6.92 Å². The van der Waals surface area contributed by atoms with Gasteiger partial charge in [-0.25, -0.2) is 4.98 Å². The molecule has 0 radical (unpaired) electrons. The van der Waals surface area contributed by atoms with Crippen molar-refractivity contribution in [3.05, 3.63) is 80.9 Å². The minimum atomic E-state index is 0.593. The Bertz CT molecular complexity index is 1070. The van der Waals surface area contributed by atoms with Crippen LogP contribution in [0.3, 0.4) is 0 Å². The van der Waals surface area contributed by atoms with Gasteiger partial charge in [0.1, 0.15) is 0 Å². The molecule has 0 saturated heterocycles. The number of imidazole rings is 1. The van der Waals surface area contributed by atoms with Crippen LogP contribution >= 0.6 is 34.5 Å². The number of nitrogens with zero attached hydrogens (tertiary/aromatic N) is 2. The topological polar surface area (TPSA) is 29.3 Å². The highest BCUT2D eigenvalue weighted by Crippen LogP contribution is 2.27. The highest BCUT2D eigenvalue weighted by atomic mass is 35.5. The normalized spacial score (nSPS) is 11.4. The fourth-order valence-corrected chi connectivity index (χ4v) is 4.13. The lowest BCUT2D eigenvalue weighted by atomic mass is 10.1. The van der Waals surface area contributed by atoms with Gasteiger partial charge in [0.05, 0.1) is 21.4 Å². The van der Waals surface area contributed by atoms with Crippen molar-refractivity contribution in [1.29, 1.82) is 0 Å². The Labute approximate surface area is 172 Å². The number of fused-ring (bicyclic) bond motifs is 1. The van der Waals surface area contributed by atoms with E-state index in [4.69, 9.17) is 28.2 Å². The summed E-state index contributed by atoms with van der Waals surface area (Å²) in [5.41, 5.74) is 5.80. The second-order valence-electron chi connectivity index (χ2n) is 6.50. The van der Waals surface area contributed by atoms with Crippen LogP contribution in [0.4, 0.5) is 0 Å². The third-order valence-electron chi connectivity index (χ3n) is 4.55. The molecule has 0 bridgehead atoms. The van der Waals surface area contributed by atoms with Crippen molar-refractivity contribution < 1.29 is 0 Å². The van der Waals surface area contributed by atoms with Gasteiger partial charge in [0, 0.05) is 23.7 Å². The molecule has 2 aromatic heterocycles. The van der Waals surface area contributed by atoms with E-state index in [9.17, 15) is 0 Å². The highest BCUT2D eigenvalue weighted by molar-refractivity contribution is 7.15. The Morgan fingerprint density at radius 2 is 1.89 bits per heavy atom. The van der Waals surface area contributed by atoms with Crippen molar-refractivity contribution in [3.63, 3.8) is 0 Å². The lowest BCUT2D eigenvalue weighted by Crippen LogP contribution is -2.18. The SMILES string of the molecule is Cc1ccc(-c2nc3sccn3c2CNCCc2ccc(Cl)c(Cl)c2)cc1. The van der Waals surface area contributed by atoms with Crippen LogP contribution in [0.5, 0.6) is 0 Å². The van der Waals surface area contributed by atoms with Gasteiger partial charge in [-0.05, 0) is 37.6 Å². The van der Waals surface area contributed by atoms with E-state index in [1.165, 1.54) is 16.8 Å². The zero-order valence-electron chi connectivity index (χ0n) is 14.9. The van der Waals surface area contributed by atoms with E-state index in [-0.39, 0.29) is 0 Å². The summed E-state index contributed by atoms with van der Waals surface area (Å²) in [5.74, 6) is 0. The number of hydrogen-bond acceptors (Lipinski definition) is 3. The lowest BCUT2D eigenvalue weighted by Gasteiger charge is -2.08. The van der Waals surface area contributed by atoms with E-state index in [0.717, 1.165) is 35.7 Å². The molecule has 27 heavy (non-hydrogen) atoms. The number of thiazole rings is 1. The zero-order valence-corrected chi connectivity index (χ0v) is 17.2. The van der Waals surface area contributed by atoms with Crippen molar-refractivity contribution in [2.75, 3.05) is 6.54 Å². The summed E-state index contributed by atoms with van der Waals surface area (Å²) >= 11 is 13.7. The number of benzene rings is 2. The molecular formula is C21H19Cl2N3S. The van der Waals surface area contributed by atoms with Gasteiger partial charge < -0.3 is 5.32 Å². The first-order chi connectivity index (χ1) is 13.1. The quantitative estimate of drug-likeness (QED) is 0.390. The van der Waals surface area contributed by atoms with E-state index >= 15 is 0 Å². The maximum Gasteiger partial charge on any atom is 0.194 e. The molecule has 1 N–H and O–H groups in total. The summed E-state index contributed by atoms with van der Waals surface area (Å²) in [6.45, 7) is 3.70. The molecule has 0 fully saturated rings. The van der Waals surface area contributed by atoms with Crippen molar-refractivity contribution in [3.8, 4) is 11.3 Å². The first kappa shape index (κ1) is 18.5. The van der Waals surface area contributed by atoms with E-state index < -0.39 is 0 Å². The van der Waals surface area contributed by atoms with Crippen LogP contribution in [0.25, 0.3) is 16.2 Å². The van der Waals surface area contributed by atoms with Gasteiger partial charge in [-0.2, -0.15) is 0 Å². The average molecular weight is 416 g/mol. The molecule has 0 saturated carbocycles. The Balaban J connectivity index is 1.49. The lowest BCUT2D eigenvalue weighted by molar-refractivity contribution is 0.673. The van der Waals surface area contributed by atoms with E-state index in [0.29, 0.717) is 10.0 Å². The van der Waals surface area contributed by atoms with E-state index in [1.807, 2.05) is 18.2 Å². The second-order valence-corrected chi connectivity index (χ2v) is 8.19. The molecular weight excluding hydrogens is 397 g/mol. The van der Waals surface area contributed by atoms with Crippen molar-refractivity contribution in [2.45, 2.75) is 19.9 Å². The molecule has 0 atom stereocenters. The van der Waals surface area contributed by atoms with Crippen LogP contribution in [0.15, 0.2) is 54.0 Å². The van der Waals surface area contributed by atoms with Gasteiger partial charge in [0.2, 0.25) is 0 Å². The molecule has 0 aliphatic heterocycles. The molecule has 0 amide bonds. The van der Waals surface area contributed by atoms with Gasteiger partial charge in [-0.3, -0.25) is 4.40 Å². The monoisotopic (exact) mass is 415 g/mol. The smallest absolute Gasteiger partial charge is 0.194 e. The predicted octanol–water partition coefficient (Wildman–Crippen LogP) is 6.01. The number of aryl methyl sites for hydroxylation is 1. The van der Waals surface area contributed by atoms with Gasteiger partial charge in [-0.1, -0.05) is 59.1 Å². The summed E-state index contributed by atoms with van der Waals surface area (Å²) in [7, 11) is 0. The molecule has 4 aromatic rings. The standard InChI is InChI=1S/C21H19Cl2N3S/c1-14-2-5-16(6-3-14)20-19(26-10-11-27-21(26)25-20)13-24-9-8-15-4-7-17(22)18(23)12-15/h2-7,10-12,24H,8-9,13H2,1H3. The number of halogens is 2. The molecule has 6 heteroatoms. The summed E-state index contributed by atoms with van der Waals surface area (Å²) in [6.07, 6.45) is 2.98. The molecule has 0 aliphatic rings. The van der Waals surface area contributed by atoms with Gasteiger partial charge in [0.15, 0.2) is 4.96 Å². The maximum absolute atomic E-state index is 6.10. The number of rotatable bonds is 6. The minimum absolute atomic E-state index is 0.593. The minimum Gasteiger partial charge on any atom is -0.311 e. The molecule has 2 aromatic carbocycles. The first-order valence-electron chi connectivity index (χ1n) is 8.78. The highest BCUT2D eigenvalue weighted by Gasteiger charge is 2.14.